The fraction of sp³-hybridized carbons (Fsp3) is 0.783. The van der Waals surface area contributed by atoms with Crippen molar-refractivity contribution in [2.75, 3.05) is 0 Å². The summed E-state index contributed by atoms with van der Waals surface area (Å²) in [4.78, 5) is 36.4. The van der Waals surface area contributed by atoms with Crippen LogP contribution < -0.4 is 0 Å². The number of aliphatic hydroxyl groups is 1. The predicted molar refractivity (Wildman–Crippen MR) is 103 cm³/mol. The molecule has 0 amide bonds. The van der Waals surface area contributed by atoms with Crippen molar-refractivity contribution in [2.24, 2.45) is 34.5 Å². The second kappa shape index (κ2) is 6.51. The zero-order chi connectivity index (χ0) is 20.4. The van der Waals surface area contributed by atoms with Gasteiger partial charge in [0.05, 0.1) is 0 Å². The summed E-state index contributed by atoms with van der Waals surface area (Å²) in [7, 11) is 0. The Kier molecular flexibility index (Phi) is 4.61. The summed E-state index contributed by atoms with van der Waals surface area (Å²) in [5, 5.41) is 10.6. The molecule has 5 heteroatoms. The number of Topliss-reactive ketones (excluding diaryl/α,β-unsaturated/α-hetero) is 1. The van der Waals surface area contributed by atoms with Gasteiger partial charge in [0.25, 0.3) is 0 Å². The van der Waals surface area contributed by atoms with E-state index in [0.29, 0.717) is 17.6 Å². The lowest BCUT2D eigenvalue weighted by Gasteiger charge is -2.59. The highest BCUT2D eigenvalue weighted by Gasteiger charge is 2.63. The average Bonchev–Trinajstić information content (AvgIpc) is 2.97. The van der Waals surface area contributed by atoms with Crippen molar-refractivity contribution in [3.05, 3.63) is 11.6 Å². The number of aliphatic hydroxyl groups excluding tert-OH is 1. The zero-order valence-corrected chi connectivity index (χ0v) is 17.4. The second-order valence-corrected chi connectivity index (χ2v) is 10.0. The van der Waals surface area contributed by atoms with E-state index in [1.807, 2.05) is 0 Å². The summed E-state index contributed by atoms with van der Waals surface area (Å²) >= 11 is 0. The van der Waals surface area contributed by atoms with E-state index in [0.717, 1.165) is 44.1 Å². The van der Waals surface area contributed by atoms with Crippen LogP contribution >= 0.6 is 0 Å². The third kappa shape index (κ3) is 2.58. The van der Waals surface area contributed by atoms with Crippen molar-refractivity contribution in [2.45, 2.75) is 78.4 Å². The maximum absolute atomic E-state index is 12.3. The lowest BCUT2D eigenvalue weighted by molar-refractivity contribution is -0.179. The smallest absolute Gasteiger partial charge is 0.303 e. The van der Waals surface area contributed by atoms with Crippen molar-refractivity contribution in [1.82, 2.24) is 0 Å². The van der Waals surface area contributed by atoms with Gasteiger partial charge in [0, 0.05) is 18.3 Å². The minimum absolute atomic E-state index is 0.0462. The highest BCUT2D eigenvalue weighted by molar-refractivity contribution is 5.96. The molecule has 154 valence electrons. The molecule has 4 aliphatic carbocycles. The minimum Gasteiger partial charge on any atom is -0.458 e. The number of ketones is 2. The molecule has 3 fully saturated rings. The van der Waals surface area contributed by atoms with Gasteiger partial charge >= 0.3 is 5.97 Å². The molecule has 4 aliphatic rings. The molecule has 0 heterocycles. The topological polar surface area (TPSA) is 80.7 Å². The van der Waals surface area contributed by atoms with Crippen LogP contribution in [0.5, 0.6) is 0 Å². The number of carbonyl (C=O) groups excluding carboxylic acids is 3. The molecule has 28 heavy (non-hydrogen) atoms. The quantitative estimate of drug-likeness (QED) is 0.735. The monoisotopic (exact) mass is 388 g/mol. The highest BCUT2D eigenvalue weighted by atomic mass is 16.6. The van der Waals surface area contributed by atoms with Gasteiger partial charge in [0.15, 0.2) is 11.9 Å². The summed E-state index contributed by atoms with van der Waals surface area (Å²) in [5.41, 5.74) is 0.558. The molecule has 0 aromatic carbocycles. The van der Waals surface area contributed by atoms with Gasteiger partial charge in [0.1, 0.15) is 11.9 Å². The first-order chi connectivity index (χ1) is 13.1. The lowest BCUT2D eigenvalue weighted by atomic mass is 9.46. The van der Waals surface area contributed by atoms with Gasteiger partial charge in [-0.3, -0.25) is 14.4 Å². The molecule has 0 spiro atoms. The summed E-state index contributed by atoms with van der Waals surface area (Å²) in [6.07, 6.45) is 5.25. The van der Waals surface area contributed by atoms with Gasteiger partial charge in [-0.2, -0.15) is 0 Å². The second-order valence-electron chi connectivity index (χ2n) is 10.0. The van der Waals surface area contributed by atoms with Crippen LogP contribution in [0, 0.1) is 34.5 Å². The van der Waals surface area contributed by atoms with Crippen LogP contribution in [0.3, 0.4) is 0 Å². The number of rotatable bonds is 2. The number of fused-ring (bicyclic) bond motifs is 5. The number of hydrogen-bond donors (Lipinski definition) is 1. The van der Waals surface area contributed by atoms with E-state index in [1.165, 1.54) is 6.92 Å². The van der Waals surface area contributed by atoms with E-state index in [9.17, 15) is 19.5 Å². The summed E-state index contributed by atoms with van der Waals surface area (Å²) in [5.74, 6) is 0.807. The van der Waals surface area contributed by atoms with Crippen LogP contribution in [0.15, 0.2) is 11.6 Å². The zero-order valence-electron chi connectivity index (χ0n) is 17.4. The summed E-state index contributed by atoms with van der Waals surface area (Å²) < 4.78 is 5.59. The first-order valence-corrected chi connectivity index (χ1v) is 10.7. The lowest BCUT2D eigenvalue weighted by Crippen LogP contribution is -2.60. The Hall–Kier alpha value is -1.49. The molecule has 3 saturated carbocycles. The number of ether oxygens (including phenoxy) is 1. The van der Waals surface area contributed by atoms with E-state index in [-0.39, 0.29) is 23.0 Å². The Bertz CT molecular complexity index is 754. The Labute approximate surface area is 166 Å². The Morgan fingerprint density at radius 2 is 1.82 bits per heavy atom. The molecular weight excluding hydrogens is 356 g/mol. The molecule has 0 saturated heterocycles. The highest BCUT2D eigenvalue weighted by Crippen LogP contribution is 2.66. The van der Waals surface area contributed by atoms with E-state index in [4.69, 9.17) is 4.74 Å². The molecule has 0 aromatic rings. The first-order valence-electron chi connectivity index (χ1n) is 10.7. The van der Waals surface area contributed by atoms with Crippen LogP contribution in [0.4, 0.5) is 0 Å². The summed E-state index contributed by atoms with van der Waals surface area (Å²) in [6, 6.07) is 0. The van der Waals surface area contributed by atoms with Crippen LogP contribution in [0.1, 0.15) is 66.2 Å². The number of carbonyl (C=O) groups is 3. The van der Waals surface area contributed by atoms with Crippen molar-refractivity contribution < 1.29 is 24.2 Å². The largest absolute Gasteiger partial charge is 0.458 e. The molecule has 4 rings (SSSR count). The van der Waals surface area contributed by atoms with Gasteiger partial charge < -0.3 is 9.84 Å². The molecule has 0 aliphatic heterocycles. The van der Waals surface area contributed by atoms with E-state index in [2.05, 4.69) is 13.8 Å². The van der Waals surface area contributed by atoms with Crippen molar-refractivity contribution in [3.8, 4) is 0 Å². The third-order valence-corrected chi connectivity index (χ3v) is 8.92. The predicted octanol–water partition coefficient (Wildman–Crippen LogP) is 3.24. The Balaban J connectivity index is 1.73. The van der Waals surface area contributed by atoms with Crippen LogP contribution in [0.25, 0.3) is 0 Å². The van der Waals surface area contributed by atoms with E-state index >= 15 is 0 Å². The summed E-state index contributed by atoms with van der Waals surface area (Å²) in [6.45, 7) is 7.45. The fourth-order valence-corrected chi connectivity index (χ4v) is 7.65. The van der Waals surface area contributed by atoms with Crippen molar-refractivity contribution in [1.29, 1.82) is 0 Å². The molecule has 5 nitrogen and oxygen atoms in total. The van der Waals surface area contributed by atoms with Gasteiger partial charge in [-0.25, -0.2) is 0 Å². The maximum atomic E-state index is 12.3. The molecule has 0 aromatic heterocycles. The molecule has 0 radical (unpaired) electrons. The maximum Gasteiger partial charge on any atom is 0.303 e. The fourth-order valence-electron chi connectivity index (χ4n) is 7.65. The molecular formula is C23H32O5. The van der Waals surface area contributed by atoms with Gasteiger partial charge in [-0.1, -0.05) is 19.4 Å². The minimum atomic E-state index is -1.29. The number of esters is 1. The molecule has 0 bridgehead atoms. The Morgan fingerprint density at radius 1 is 1.11 bits per heavy atom. The normalized spacial score (nSPS) is 47.5. The van der Waals surface area contributed by atoms with Gasteiger partial charge in [0.2, 0.25) is 0 Å². The first kappa shape index (κ1) is 19.8. The van der Waals surface area contributed by atoms with Gasteiger partial charge in [-0.05, 0) is 74.7 Å². The van der Waals surface area contributed by atoms with Gasteiger partial charge in [-0.15, -0.1) is 0 Å². The van der Waals surface area contributed by atoms with Crippen molar-refractivity contribution >= 4 is 17.5 Å². The van der Waals surface area contributed by atoms with Crippen LogP contribution in [-0.4, -0.2) is 34.9 Å². The Morgan fingerprint density at radius 3 is 2.46 bits per heavy atom. The standard InChI is InChI=1S/C23H32O5/c1-12(24)16-7-8-17-15-6-5-14-11-19(26)20(27)21(28-13(2)25)23(14,4)18(15)9-10-22(16,17)3/h11,15-18,20-21,27H,5-10H2,1-4H3/t15-,16+,17-,18-,20?,21?,22+,23-/m0/s1. The third-order valence-electron chi connectivity index (χ3n) is 8.92. The molecule has 8 atom stereocenters. The van der Waals surface area contributed by atoms with E-state index in [1.54, 1.807) is 13.0 Å². The van der Waals surface area contributed by atoms with Crippen LogP contribution in [0.2, 0.25) is 0 Å². The average molecular weight is 389 g/mol. The molecule has 1 N–H and O–H groups in total. The number of hydrogen-bond acceptors (Lipinski definition) is 5. The SMILES string of the molecule is CC(=O)OC1C(O)C(=O)C=C2CC[C@H]3[C@@H]4CC[C@H](C(C)=O)[C@@]4(C)CC[C@@H]3[C@]21C. The van der Waals surface area contributed by atoms with E-state index < -0.39 is 23.6 Å². The van der Waals surface area contributed by atoms with Crippen LogP contribution in [-0.2, 0) is 19.1 Å². The van der Waals surface area contributed by atoms with Crippen molar-refractivity contribution in [3.63, 3.8) is 0 Å². The molecule has 2 unspecified atom stereocenters.